The van der Waals surface area contributed by atoms with Crippen LogP contribution in [0.25, 0.3) is 26.6 Å². The highest BCUT2D eigenvalue weighted by molar-refractivity contribution is 7.21. The van der Waals surface area contributed by atoms with Crippen LogP contribution in [-0.2, 0) is 0 Å². The molecule has 0 fully saturated rings. The maximum atomic E-state index is 13.4. The molecule has 5 aromatic rings. The van der Waals surface area contributed by atoms with E-state index in [0.29, 0.717) is 21.0 Å². The summed E-state index contributed by atoms with van der Waals surface area (Å²) in [4.78, 5) is 17.8. The first-order valence-corrected chi connectivity index (χ1v) is 11.4. The molecule has 0 atom stereocenters. The summed E-state index contributed by atoms with van der Waals surface area (Å²) >= 11 is 7.33. The third-order valence-corrected chi connectivity index (χ3v) is 6.51. The van der Waals surface area contributed by atoms with Crippen molar-refractivity contribution in [3.8, 4) is 33.8 Å². The molecule has 0 amide bonds. The van der Waals surface area contributed by atoms with E-state index in [9.17, 15) is 28.2 Å². The zero-order chi connectivity index (χ0) is 25.8. The van der Waals surface area contributed by atoms with Crippen LogP contribution in [0.2, 0.25) is 5.02 Å². The molecular formula is C24H14ClF3N2O5S. The zero-order valence-corrected chi connectivity index (χ0v) is 19.7. The summed E-state index contributed by atoms with van der Waals surface area (Å²) in [5, 5.41) is 22.2. The third-order valence-electron chi connectivity index (χ3n) is 5.20. The summed E-state index contributed by atoms with van der Waals surface area (Å²) in [6.45, 7) is 1.61. The van der Waals surface area contributed by atoms with Gasteiger partial charge in [0.25, 0.3) is 0 Å². The fourth-order valence-corrected chi connectivity index (χ4v) is 5.02. The molecule has 2 N–H and O–H groups in total. The van der Waals surface area contributed by atoms with Crippen LogP contribution in [0.3, 0.4) is 0 Å². The molecule has 2 aromatic carbocycles. The number of aromatic nitrogens is 2. The Balaban J connectivity index is 1.79. The summed E-state index contributed by atoms with van der Waals surface area (Å²) in [7, 11) is 0. The maximum absolute atomic E-state index is 13.4. The van der Waals surface area contributed by atoms with Gasteiger partial charge in [-0.1, -0.05) is 41.1 Å². The molecule has 0 aliphatic carbocycles. The number of fused-ring (bicyclic) bond motifs is 1. The van der Waals surface area contributed by atoms with Crippen LogP contribution >= 0.6 is 22.9 Å². The highest BCUT2D eigenvalue weighted by Gasteiger charge is 2.34. The topological polar surface area (TPSA) is 97.7 Å². The smallest absolute Gasteiger partial charge is 0.503 e. The number of hydrogen-bond acceptors (Lipinski definition) is 7. The minimum Gasteiger partial charge on any atom is -0.503 e. The lowest BCUT2D eigenvalue weighted by molar-refractivity contribution is -0.274. The molecule has 0 bridgehead atoms. The Morgan fingerprint density at radius 2 is 1.89 bits per heavy atom. The molecule has 3 aromatic heterocycles. The van der Waals surface area contributed by atoms with Gasteiger partial charge >= 0.3 is 6.36 Å². The fraction of sp³-hybridized carbons (Fsp3) is 0.0833. The van der Waals surface area contributed by atoms with E-state index in [4.69, 9.17) is 16.0 Å². The molecule has 184 valence electrons. The number of ether oxygens (including phenoxy) is 1. The number of ketones is 1. The summed E-state index contributed by atoms with van der Waals surface area (Å²) < 4.78 is 49.8. The molecule has 3 heterocycles. The maximum Gasteiger partial charge on any atom is 0.573 e. The number of carbonyl (C=O) groups excluding carboxylic acids is 1. The molecule has 36 heavy (non-hydrogen) atoms. The summed E-state index contributed by atoms with van der Waals surface area (Å²) in [5.74, 6) is -2.62. The highest BCUT2D eigenvalue weighted by Crippen LogP contribution is 2.46. The van der Waals surface area contributed by atoms with Gasteiger partial charge in [-0.3, -0.25) is 9.36 Å². The van der Waals surface area contributed by atoms with Crippen LogP contribution in [-0.4, -0.2) is 31.9 Å². The standard InChI is InChI=1S/C24H14ClF3N2O5S/c1-11-8-9-15(34-11)20(31)17-19(12-4-2-5-13(10-12)35-24(26,27)28)30(22(33)21(17)32)23-29-18-14(25)6-3-7-16(18)36-23/h2-10,32-33H,1H3. The van der Waals surface area contributed by atoms with E-state index in [1.807, 2.05) is 0 Å². The SMILES string of the molecule is Cc1ccc(C(=O)c2c(O)c(O)n(-c3nc4c(Cl)cccc4s3)c2-c2cccc(OC(F)(F)F)c2)o1. The zero-order valence-electron chi connectivity index (χ0n) is 18.1. The molecule has 12 heteroatoms. The number of nitrogens with zero attached hydrogens (tertiary/aromatic N) is 2. The number of hydrogen-bond donors (Lipinski definition) is 2. The van der Waals surface area contributed by atoms with Crippen molar-refractivity contribution < 1.29 is 37.3 Å². The van der Waals surface area contributed by atoms with E-state index in [1.54, 1.807) is 25.1 Å². The Kier molecular flexibility index (Phi) is 5.68. The molecule has 0 spiro atoms. The van der Waals surface area contributed by atoms with E-state index < -0.39 is 35.1 Å². The number of thiazole rings is 1. The number of aryl methyl sites for hydroxylation is 1. The second-order valence-corrected chi connectivity index (χ2v) is 9.05. The second-order valence-electron chi connectivity index (χ2n) is 7.63. The van der Waals surface area contributed by atoms with Gasteiger partial charge in [-0.2, -0.15) is 0 Å². The van der Waals surface area contributed by atoms with Gasteiger partial charge in [0.2, 0.25) is 11.7 Å². The Labute approximate surface area is 209 Å². The van der Waals surface area contributed by atoms with Crippen molar-refractivity contribution >= 4 is 38.9 Å². The Morgan fingerprint density at radius 3 is 2.56 bits per heavy atom. The van der Waals surface area contributed by atoms with Gasteiger partial charge < -0.3 is 19.4 Å². The first-order valence-electron chi connectivity index (χ1n) is 10.2. The molecular weight excluding hydrogens is 521 g/mol. The average Bonchev–Trinajstić information content (AvgIpc) is 3.50. The number of furan rings is 1. The number of rotatable bonds is 5. The van der Waals surface area contributed by atoms with E-state index in [0.717, 1.165) is 28.0 Å². The lowest BCUT2D eigenvalue weighted by atomic mass is 10.0. The van der Waals surface area contributed by atoms with Crippen LogP contribution < -0.4 is 4.74 Å². The minimum atomic E-state index is -4.96. The van der Waals surface area contributed by atoms with Crippen molar-refractivity contribution in [1.82, 2.24) is 9.55 Å². The van der Waals surface area contributed by atoms with Crippen molar-refractivity contribution in [2.75, 3.05) is 0 Å². The van der Waals surface area contributed by atoms with E-state index in [2.05, 4.69) is 9.72 Å². The average molecular weight is 535 g/mol. The van der Waals surface area contributed by atoms with Gasteiger partial charge in [0, 0.05) is 5.56 Å². The molecule has 0 unspecified atom stereocenters. The molecule has 7 nitrogen and oxygen atoms in total. The Bertz CT molecular complexity index is 1640. The number of halogens is 4. The van der Waals surface area contributed by atoms with Crippen molar-refractivity contribution in [2.45, 2.75) is 13.3 Å². The quantitative estimate of drug-likeness (QED) is 0.239. The molecule has 0 radical (unpaired) electrons. The van der Waals surface area contributed by atoms with Gasteiger partial charge in [-0.15, -0.1) is 13.2 Å². The van der Waals surface area contributed by atoms with Gasteiger partial charge in [0.15, 0.2) is 16.6 Å². The molecule has 0 aliphatic rings. The number of carbonyl (C=O) groups is 1. The molecule has 0 saturated carbocycles. The number of para-hydroxylation sites is 1. The van der Waals surface area contributed by atoms with Gasteiger partial charge in [-0.25, -0.2) is 4.98 Å². The summed E-state index contributed by atoms with van der Waals surface area (Å²) in [5.41, 5.74) is -0.0750. The minimum absolute atomic E-state index is 0.0318. The van der Waals surface area contributed by atoms with Crippen molar-refractivity contribution in [3.05, 3.63) is 76.7 Å². The number of aromatic hydroxyl groups is 2. The first-order chi connectivity index (χ1) is 17.0. The number of alkyl halides is 3. The Hall–Kier alpha value is -3.96. The van der Waals surface area contributed by atoms with Gasteiger partial charge in [-0.05, 0) is 43.3 Å². The van der Waals surface area contributed by atoms with Crippen molar-refractivity contribution in [3.63, 3.8) is 0 Å². The van der Waals surface area contributed by atoms with Crippen LogP contribution in [0.5, 0.6) is 17.4 Å². The van der Waals surface area contributed by atoms with E-state index in [1.165, 1.54) is 24.3 Å². The highest BCUT2D eigenvalue weighted by atomic mass is 35.5. The van der Waals surface area contributed by atoms with Crippen LogP contribution in [0, 0.1) is 6.92 Å². The first kappa shape index (κ1) is 23.8. The van der Waals surface area contributed by atoms with Crippen molar-refractivity contribution in [1.29, 1.82) is 0 Å². The van der Waals surface area contributed by atoms with E-state index in [-0.39, 0.29) is 22.1 Å². The van der Waals surface area contributed by atoms with Gasteiger partial charge in [0.1, 0.15) is 17.0 Å². The monoisotopic (exact) mass is 534 g/mol. The summed E-state index contributed by atoms with van der Waals surface area (Å²) in [6.07, 6.45) is -4.96. The normalized spacial score (nSPS) is 11.8. The predicted molar refractivity (Wildman–Crippen MR) is 126 cm³/mol. The lowest BCUT2D eigenvalue weighted by Crippen LogP contribution is -2.17. The van der Waals surface area contributed by atoms with Crippen LogP contribution in [0.4, 0.5) is 13.2 Å². The second kappa shape index (κ2) is 8.61. The van der Waals surface area contributed by atoms with Crippen molar-refractivity contribution in [2.24, 2.45) is 0 Å². The molecule has 0 aliphatic heterocycles. The number of benzene rings is 2. The largest absolute Gasteiger partial charge is 0.573 e. The van der Waals surface area contributed by atoms with Crippen LogP contribution in [0.1, 0.15) is 21.9 Å². The predicted octanol–water partition coefficient (Wildman–Crippen LogP) is 6.85. The van der Waals surface area contributed by atoms with E-state index >= 15 is 0 Å². The Morgan fingerprint density at radius 1 is 1.14 bits per heavy atom. The van der Waals surface area contributed by atoms with Gasteiger partial charge in [0.05, 0.1) is 21.0 Å². The fourth-order valence-electron chi connectivity index (χ4n) is 3.74. The third kappa shape index (κ3) is 4.16. The van der Waals surface area contributed by atoms with Crippen LogP contribution in [0.15, 0.2) is 59.0 Å². The molecule has 5 rings (SSSR count). The summed E-state index contributed by atoms with van der Waals surface area (Å²) in [6, 6.07) is 12.8. The molecule has 0 saturated heterocycles. The lowest BCUT2D eigenvalue weighted by Gasteiger charge is -2.12.